The summed E-state index contributed by atoms with van der Waals surface area (Å²) in [6, 6.07) is 14.6. The molecule has 1 N–H and O–H groups in total. The van der Waals surface area contributed by atoms with Crippen LogP contribution >= 0.6 is 11.6 Å². The summed E-state index contributed by atoms with van der Waals surface area (Å²) in [6.07, 6.45) is 1.14. The Labute approximate surface area is 203 Å². The zero-order chi connectivity index (χ0) is 24.2. The molecule has 3 aromatic carbocycles. The van der Waals surface area contributed by atoms with Gasteiger partial charge in [-0.15, -0.1) is 0 Å². The van der Waals surface area contributed by atoms with Gasteiger partial charge in [0.2, 0.25) is 5.91 Å². The largest absolute Gasteiger partial charge is 0.496 e. The number of fused-ring (bicyclic) bond motifs is 1. The highest BCUT2D eigenvalue weighted by molar-refractivity contribution is 6.32. The number of anilines is 1. The second-order valence-corrected chi connectivity index (χ2v) is 8.51. The third kappa shape index (κ3) is 4.61. The first kappa shape index (κ1) is 23.7. The smallest absolute Gasteiger partial charge is 0.254 e. The van der Waals surface area contributed by atoms with Crippen LogP contribution in [-0.4, -0.2) is 51.1 Å². The Balaban J connectivity index is 1.44. The van der Waals surface area contributed by atoms with E-state index in [9.17, 15) is 9.59 Å². The summed E-state index contributed by atoms with van der Waals surface area (Å²) in [6.45, 7) is 0.997. The number of benzene rings is 3. The van der Waals surface area contributed by atoms with Gasteiger partial charge in [0.15, 0.2) is 0 Å². The van der Waals surface area contributed by atoms with E-state index in [1.165, 1.54) is 14.2 Å². The van der Waals surface area contributed by atoms with Crippen molar-refractivity contribution < 1.29 is 23.8 Å². The Hall–Kier alpha value is -3.45. The number of hydrogen-bond donors (Lipinski definition) is 1. The number of rotatable bonds is 6. The first-order chi connectivity index (χ1) is 16.5. The fourth-order valence-corrected chi connectivity index (χ4v) is 4.57. The molecule has 1 fully saturated rings. The summed E-state index contributed by atoms with van der Waals surface area (Å²) in [4.78, 5) is 28.1. The molecule has 0 bridgehead atoms. The maximum Gasteiger partial charge on any atom is 0.254 e. The van der Waals surface area contributed by atoms with Gasteiger partial charge >= 0.3 is 0 Å². The average Bonchev–Trinajstić information content (AvgIpc) is 2.88. The maximum absolute atomic E-state index is 13.3. The molecule has 1 saturated heterocycles. The van der Waals surface area contributed by atoms with Crippen LogP contribution in [0.1, 0.15) is 23.2 Å². The standard InChI is InChI=1S/C26H27ClN2O5/c1-32-22-9-8-19(17-6-4-5-7-18(17)22)26(31)29-12-10-16(11-13-29)25(30)28-21-15-23(33-2)20(27)14-24(21)34-3/h4-9,14-16H,10-13H2,1-3H3,(H,28,30). The zero-order valence-electron chi connectivity index (χ0n) is 19.4. The van der Waals surface area contributed by atoms with Crippen molar-refractivity contribution in [3.05, 3.63) is 59.1 Å². The van der Waals surface area contributed by atoms with E-state index in [2.05, 4.69) is 5.32 Å². The highest BCUT2D eigenvalue weighted by atomic mass is 35.5. The Morgan fingerprint density at radius 1 is 0.882 bits per heavy atom. The van der Waals surface area contributed by atoms with E-state index in [1.54, 1.807) is 19.2 Å². The van der Waals surface area contributed by atoms with E-state index in [4.69, 9.17) is 25.8 Å². The number of nitrogens with zero attached hydrogens (tertiary/aromatic N) is 1. The predicted molar refractivity (Wildman–Crippen MR) is 132 cm³/mol. The zero-order valence-corrected chi connectivity index (χ0v) is 20.1. The van der Waals surface area contributed by atoms with Gasteiger partial charge < -0.3 is 24.4 Å². The molecule has 0 spiro atoms. The number of halogens is 1. The topological polar surface area (TPSA) is 77.1 Å². The Kier molecular flexibility index (Phi) is 7.12. The number of likely N-dealkylation sites (tertiary alicyclic amines) is 1. The quantitative estimate of drug-likeness (QED) is 0.534. The molecule has 3 aromatic rings. The summed E-state index contributed by atoms with van der Waals surface area (Å²) in [5.74, 6) is 1.26. The van der Waals surface area contributed by atoms with Crippen molar-refractivity contribution in [2.45, 2.75) is 12.8 Å². The third-order valence-electron chi connectivity index (χ3n) is 6.22. The van der Waals surface area contributed by atoms with Crippen molar-refractivity contribution >= 4 is 39.9 Å². The van der Waals surface area contributed by atoms with Crippen LogP contribution < -0.4 is 19.5 Å². The first-order valence-corrected chi connectivity index (χ1v) is 11.4. The van der Waals surface area contributed by atoms with E-state index < -0.39 is 0 Å². The van der Waals surface area contributed by atoms with Crippen LogP contribution in [-0.2, 0) is 4.79 Å². The Morgan fingerprint density at radius 3 is 2.18 bits per heavy atom. The summed E-state index contributed by atoms with van der Waals surface area (Å²) in [5.41, 5.74) is 1.13. The minimum atomic E-state index is -0.219. The molecule has 34 heavy (non-hydrogen) atoms. The van der Waals surface area contributed by atoms with Crippen molar-refractivity contribution in [3.8, 4) is 17.2 Å². The fraction of sp³-hybridized carbons (Fsp3) is 0.308. The van der Waals surface area contributed by atoms with Gasteiger partial charge in [0.05, 0.1) is 32.0 Å². The van der Waals surface area contributed by atoms with Crippen LogP contribution in [0.25, 0.3) is 10.8 Å². The molecule has 0 radical (unpaired) electrons. The van der Waals surface area contributed by atoms with E-state index >= 15 is 0 Å². The molecule has 0 aromatic heterocycles. The number of ether oxygens (including phenoxy) is 3. The van der Waals surface area contributed by atoms with Crippen molar-refractivity contribution in [2.75, 3.05) is 39.7 Å². The van der Waals surface area contributed by atoms with Crippen LogP contribution in [0.4, 0.5) is 5.69 Å². The lowest BCUT2D eigenvalue weighted by atomic mass is 9.94. The summed E-state index contributed by atoms with van der Waals surface area (Å²) < 4.78 is 16.0. The number of methoxy groups -OCH3 is 3. The van der Waals surface area contributed by atoms with E-state index in [1.807, 2.05) is 41.3 Å². The molecular formula is C26H27ClN2O5. The van der Waals surface area contributed by atoms with Crippen LogP contribution in [0.5, 0.6) is 17.2 Å². The minimum absolute atomic E-state index is 0.0400. The summed E-state index contributed by atoms with van der Waals surface area (Å²) >= 11 is 6.15. The molecule has 0 aliphatic carbocycles. The highest BCUT2D eigenvalue weighted by Crippen LogP contribution is 2.36. The van der Waals surface area contributed by atoms with Crippen molar-refractivity contribution in [2.24, 2.45) is 5.92 Å². The molecule has 1 aliphatic heterocycles. The lowest BCUT2D eigenvalue weighted by Gasteiger charge is -2.32. The average molecular weight is 483 g/mol. The fourth-order valence-electron chi connectivity index (χ4n) is 4.34. The van der Waals surface area contributed by atoms with Crippen molar-refractivity contribution in [3.63, 3.8) is 0 Å². The molecule has 1 aliphatic rings. The lowest BCUT2D eigenvalue weighted by Crippen LogP contribution is -2.41. The highest BCUT2D eigenvalue weighted by Gasteiger charge is 2.29. The number of carbonyl (C=O) groups excluding carboxylic acids is 2. The molecule has 2 amide bonds. The molecule has 8 heteroatoms. The summed E-state index contributed by atoms with van der Waals surface area (Å²) in [5, 5.41) is 5.08. The van der Waals surface area contributed by atoms with Gasteiger partial charge in [0.1, 0.15) is 17.2 Å². The van der Waals surface area contributed by atoms with Crippen LogP contribution in [0, 0.1) is 5.92 Å². The molecule has 4 rings (SSSR count). The van der Waals surface area contributed by atoms with Crippen LogP contribution in [0.15, 0.2) is 48.5 Å². The molecular weight excluding hydrogens is 456 g/mol. The molecule has 1 heterocycles. The molecule has 178 valence electrons. The number of hydrogen-bond acceptors (Lipinski definition) is 5. The van der Waals surface area contributed by atoms with E-state index in [0.717, 1.165) is 16.5 Å². The van der Waals surface area contributed by atoms with E-state index in [-0.39, 0.29) is 17.7 Å². The van der Waals surface area contributed by atoms with Gasteiger partial charge in [-0.3, -0.25) is 9.59 Å². The maximum atomic E-state index is 13.3. The normalized spacial score (nSPS) is 14.1. The van der Waals surface area contributed by atoms with Crippen molar-refractivity contribution in [1.82, 2.24) is 4.90 Å². The SMILES string of the molecule is COc1cc(NC(=O)C2CCN(C(=O)c3ccc(OC)c4ccccc34)CC2)c(OC)cc1Cl. The van der Waals surface area contributed by atoms with Gasteiger partial charge in [-0.1, -0.05) is 35.9 Å². The minimum Gasteiger partial charge on any atom is -0.496 e. The van der Waals surface area contributed by atoms with E-state index in [0.29, 0.717) is 53.7 Å². The Morgan fingerprint density at radius 2 is 1.53 bits per heavy atom. The van der Waals surface area contributed by atoms with Gasteiger partial charge in [0, 0.05) is 42.1 Å². The number of nitrogens with one attached hydrogen (secondary N) is 1. The first-order valence-electron chi connectivity index (χ1n) is 11.0. The molecule has 0 saturated carbocycles. The lowest BCUT2D eigenvalue weighted by molar-refractivity contribution is -0.121. The summed E-state index contributed by atoms with van der Waals surface area (Å²) in [7, 11) is 4.65. The Bertz CT molecular complexity index is 1220. The monoisotopic (exact) mass is 482 g/mol. The third-order valence-corrected chi connectivity index (χ3v) is 6.51. The molecule has 7 nitrogen and oxygen atoms in total. The van der Waals surface area contributed by atoms with Crippen LogP contribution in [0.3, 0.4) is 0 Å². The second kappa shape index (κ2) is 10.2. The number of piperidine rings is 1. The molecule has 0 atom stereocenters. The number of carbonyl (C=O) groups is 2. The van der Waals surface area contributed by atoms with Crippen molar-refractivity contribution in [1.29, 1.82) is 0 Å². The van der Waals surface area contributed by atoms with Gasteiger partial charge in [-0.25, -0.2) is 0 Å². The number of amides is 2. The van der Waals surface area contributed by atoms with Crippen LogP contribution in [0.2, 0.25) is 5.02 Å². The van der Waals surface area contributed by atoms with Gasteiger partial charge in [-0.05, 0) is 30.4 Å². The molecule has 0 unspecified atom stereocenters. The van der Waals surface area contributed by atoms with Gasteiger partial charge in [0.25, 0.3) is 5.91 Å². The second-order valence-electron chi connectivity index (χ2n) is 8.10. The van der Waals surface area contributed by atoms with Gasteiger partial charge in [-0.2, -0.15) is 0 Å². The predicted octanol–water partition coefficient (Wildman–Crippen LogP) is 5.01.